The highest BCUT2D eigenvalue weighted by molar-refractivity contribution is 6.29. The minimum Gasteiger partial charge on any atom is -0.352 e. The minimum absolute atomic E-state index is 0.376. The summed E-state index contributed by atoms with van der Waals surface area (Å²) >= 11 is 5.76. The van der Waals surface area contributed by atoms with E-state index in [1.807, 2.05) is 6.07 Å². The average Bonchev–Trinajstić information content (AvgIpc) is 2.35. The first kappa shape index (κ1) is 12.6. The number of anilines is 1. The molecule has 17 heavy (non-hydrogen) atoms. The van der Waals surface area contributed by atoms with Crippen molar-refractivity contribution in [1.29, 1.82) is 0 Å². The molecule has 2 N–H and O–H groups in total. The van der Waals surface area contributed by atoms with Crippen LogP contribution in [-0.2, 0) is 0 Å². The van der Waals surface area contributed by atoms with Crippen LogP contribution in [0.25, 0.3) is 0 Å². The third-order valence-corrected chi connectivity index (χ3v) is 3.64. The summed E-state index contributed by atoms with van der Waals surface area (Å²) in [6.07, 6.45) is 4.48. The van der Waals surface area contributed by atoms with E-state index in [1.165, 1.54) is 0 Å². The molecule has 1 aliphatic rings. The number of nitrogens with two attached hydrogens (primary N) is 1. The fraction of sp³-hybridized carbons (Fsp3) is 0.667. The van der Waals surface area contributed by atoms with Crippen LogP contribution in [-0.4, -0.2) is 28.8 Å². The third kappa shape index (κ3) is 3.07. The van der Waals surface area contributed by atoms with Crippen molar-refractivity contribution in [2.75, 3.05) is 11.4 Å². The first-order chi connectivity index (χ1) is 8.20. The SMILES string of the molecule is CCN(c1ccc(Cl)nn1)C1CCC(N)CC1. The molecule has 1 aromatic heterocycles. The topological polar surface area (TPSA) is 55.0 Å². The van der Waals surface area contributed by atoms with Gasteiger partial charge in [0.2, 0.25) is 0 Å². The molecule has 0 saturated heterocycles. The van der Waals surface area contributed by atoms with Crippen LogP contribution in [0.3, 0.4) is 0 Å². The highest BCUT2D eigenvalue weighted by Crippen LogP contribution is 2.25. The summed E-state index contributed by atoms with van der Waals surface area (Å²) in [6.45, 7) is 3.08. The van der Waals surface area contributed by atoms with Crippen molar-refractivity contribution in [2.24, 2.45) is 5.73 Å². The number of hydrogen-bond donors (Lipinski definition) is 1. The predicted molar refractivity (Wildman–Crippen MR) is 70.3 cm³/mol. The zero-order chi connectivity index (χ0) is 12.3. The predicted octanol–water partition coefficient (Wildman–Crippen LogP) is 2.23. The first-order valence-electron chi connectivity index (χ1n) is 6.22. The van der Waals surface area contributed by atoms with Crippen LogP contribution in [0, 0.1) is 0 Å². The fourth-order valence-corrected chi connectivity index (χ4v) is 2.58. The van der Waals surface area contributed by atoms with Gasteiger partial charge in [-0.1, -0.05) is 11.6 Å². The van der Waals surface area contributed by atoms with Gasteiger partial charge in [0.15, 0.2) is 11.0 Å². The normalized spacial score (nSPS) is 24.6. The van der Waals surface area contributed by atoms with Crippen LogP contribution in [0.5, 0.6) is 0 Å². The molecule has 0 amide bonds. The molecule has 0 radical (unpaired) electrons. The fourth-order valence-electron chi connectivity index (χ4n) is 2.48. The first-order valence-corrected chi connectivity index (χ1v) is 6.60. The molecule has 2 rings (SSSR count). The van der Waals surface area contributed by atoms with Crippen LogP contribution in [0.1, 0.15) is 32.6 Å². The van der Waals surface area contributed by atoms with Crippen LogP contribution in [0.2, 0.25) is 5.15 Å². The number of rotatable bonds is 3. The molecule has 4 nitrogen and oxygen atoms in total. The van der Waals surface area contributed by atoms with E-state index in [0.717, 1.165) is 38.0 Å². The van der Waals surface area contributed by atoms with E-state index in [2.05, 4.69) is 22.0 Å². The largest absolute Gasteiger partial charge is 0.352 e. The van der Waals surface area contributed by atoms with Gasteiger partial charge in [-0.15, -0.1) is 10.2 Å². The van der Waals surface area contributed by atoms with Gasteiger partial charge in [-0.2, -0.15) is 0 Å². The molecule has 1 heterocycles. The maximum absolute atomic E-state index is 5.93. The lowest BCUT2D eigenvalue weighted by Crippen LogP contribution is -2.41. The number of halogens is 1. The lowest BCUT2D eigenvalue weighted by molar-refractivity contribution is 0.376. The smallest absolute Gasteiger partial charge is 0.151 e. The maximum atomic E-state index is 5.93. The molecule has 1 fully saturated rings. The summed E-state index contributed by atoms with van der Waals surface area (Å²) in [5.41, 5.74) is 5.93. The van der Waals surface area contributed by atoms with Crippen LogP contribution < -0.4 is 10.6 Å². The maximum Gasteiger partial charge on any atom is 0.151 e. The lowest BCUT2D eigenvalue weighted by Gasteiger charge is -2.35. The van der Waals surface area contributed by atoms with Crippen molar-refractivity contribution < 1.29 is 0 Å². The monoisotopic (exact) mass is 254 g/mol. The molecule has 1 aromatic rings. The van der Waals surface area contributed by atoms with Crippen molar-refractivity contribution in [2.45, 2.75) is 44.7 Å². The van der Waals surface area contributed by atoms with Crippen molar-refractivity contribution in [3.63, 3.8) is 0 Å². The quantitative estimate of drug-likeness (QED) is 0.899. The second-order valence-electron chi connectivity index (χ2n) is 4.57. The Kier molecular flexibility index (Phi) is 4.18. The van der Waals surface area contributed by atoms with E-state index in [1.54, 1.807) is 6.07 Å². The van der Waals surface area contributed by atoms with Gasteiger partial charge in [0.25, 0.3) is 0 Å². The van der Waals surface area contributed by atoms with Crippen molar-refractivity contribution in [3.8, 4) is 0 Å². The average molecular weight is 255 g/mol. The van der Waals surface area contributed by atoms with Gasteiger partial charge in [0.1, 0.15) is 0 Å². The van der Waals surface area contributed by atoms with E-state index in [-0.39, 0.29) is 0 Å². The number of nitrogens with zero attached hydrogens (tertiary/aromatic N) is 3. The van der Waals surface area contributed by atoms with Gasteiger partial charge in [-0.05, 0) is 44.7 Å². The molecule has 0 aromatic carbocycles. The molecule has 5 heteroatoms. The Hall–Kier alpha value is -0.870. The number of aromatic nitrogens is 2. The van der Waals surface area contributed by atoms with E-state index in [9.17, 15) is 0 Å². The molecular weight excluding hydrogens is 236 g/mol. The molecule has 0 unspecified atom stereocenters. The van der Waals surface area contributed by atoms with Gasteiger partial charge in [0.05, 0.1) is 0 Å². The highest BCUT2D eigenvalue weighted by atomic mass is 35.5. The van der Waals surface area contributed by atoms with Gasteiger partial charge in [0, 0.05) is 18.6 Å². The Bertz CT molecular complexity index is 346. The molecule has 0 spiro atoms. The molecular formula is C12H19ClN4. The highest BCUT2D eigenvalue weighted by Gasteiger charge is 2.24. The summed E-state index contributed by atoms with van der Waals surface area (Å²) < 4.78 is 0. The zero-order valence-corrected chi connectivity index (χ0v) is 10.9. The summed E-state index contributed by atoms with van der Waals surface area (Å²) in [7, 11) is 0. The van der Waals surface area contributed by atoms with Gasteiger partial charge in [-0.3, -0.25) is 0 Å². The van der Waals surface area contributed by atoms with E-state index < -0.39 is 0 Å². The standard InChI is InChI=1S/C12H19ClN4/c1-2-17(10-5-3-9(14)4-6-10)12-8-7-11(13)15-16-12/h7-10H,2-6,14H2,1H3. The van der Waals surface area contributed by atoms with Crippen LogP contribution >= 0.6 is 11.6 Å². The second-order valence-corrected chi connectivity index (χ2v) is 4.96. The molecule has 94 valence electrons. The van der Waals surface area contributed by atoms with E-state index in [4.69, 9.17) is 17.3 Å². The summed E-state index contributed by atoms with van der Waals surface area (Å²) in [4.78, 5) is 2.30. The molecule has 0 aliphatic heterocycles. The van der Waals surface area contributed by atoms with Crippen molar-refractivity contribution in [1.82, 2.24) is 10.2 Å². The van der Waals surface area contributed by atoms with Gasteiger partial charge in [-0.25, -0.2) is 0 Å². The molecule has 0 bridgehead atoms. The van der Waals surface area contributed by atoms with E-state index in [0.29, 0.717) is 17.2 Å². The Labute approximate surface area is 107 Å². The summed E-state index contributed by atoms with van der Waals surface area (Å²) in [5, 5.41) is 8.50. The summed E-state index contributed by atoms with van der Waals surface area (Å²) in [6, 6.07) is 4.64. The molecule has 1 aliphatic carbocycles. The van der Waals surface area contributed by atoms with Crippen molar-refractivity contribution >= 4 is 17.4 Å². The zero-order valence-electron chi connectivity index (χ0n) is 10.1. The Morgan fingerprint density at radius 2 is 2.00 bits per heavy atom. The second kappa shape index (κ2) is 5.65. The number of hydrogen-bond acceptors (Lipinski definition) is 4. The van der Waals surface area contributed by atoms with Crippen molar-refractivity contribution in [3.05, 3.63) is 17.3 Å². The van der Waals surface area contributed by atoms with Gasteiger partial charge < -0.3 is 10.6 Å². The van der Waals surface area contributed by atoms with Crippen LogP contribution in [0.4, 0.5) is 5.82 Å². The van der Waals surface area contributed by atoms with Gasteiger partial charge >= 0.3 is 0 Å². The Morgan fingerprint density at radius 3 is 2.53 bits per heavy atom. The summed E-state index contributed by atoms with van der Waals surface area (Å²) in [5.74, 6) is 0.914. The molecule has 0 atom stereocenters. The van der Waals surface area contributed by atoms with Crippen LogP contribution in [0.15, 0.2) is 12.1 Å². The Balaban J connectivity index is 2.08. The Morgan fingerprint density at radius 1 is 1.29 bits per heavy atom. The van der Waals surface area contributed by atoms with E-state index >= 15 is 0 Å². The lowest BCUT2D eigenvalue weighted by atomic mass is 9.91. The minimum atomic E-state index is 0.376. The molecule has 1 saturated carbocycles. The third-order valence-electron chi connectivity index (χ3n) is 3.44.